The van der Waals surface area contributed by atoms with Crippen LogP contribution in [0.5, 0.6) is 0 Å². The van der Waals surface area contributed by atoms with E-state index < -0.39 is 11.7 Å². The Balaban J connectivity index is 1.93. The fourth-order valence-electron chi connectivity index (χ4n) is 1.73. The summed E-state index contributed by atoms with van der Waals surface area (Å²) in [5, 5.41) is 3.02. The van der Waals surface area contributed by atoms with Gasteiger partial charge in [0.1, 0.15) is 5.82 Å². The Morgan fingerprint density at radius 3 is 2.63 bits per heavy atom. The summed E-state index contributed by atoms with van der Waals surface area (Å²) in [4.78, 5) is 11.8. The van der Waals surface area contributed by atoms with Crippen molar-refractivity contribution < 1.29 is 9.18 Å². The second-order valence-electron chi connectivity index (χ2n) is 4.12. The maximum Gasteiger partial charge on any atom is 0.254 e. The van der Waals surface area contributed by atoms with Gasteiger partial charge in [-0.25, -0.2) is 4.39 Å². The highest BCUT2D eigenvalue weighted by atomic mass is 35.5. The Morgan fingerprint density at radius 1 is 1.16 bits per heavy atom. The lowest BCUT2D eigenvalue weighted by molar-refractivity contribution is 0.0950. The van der Waals surface area contributed by atoms with Gasteiger partial charge in [-0.05, 0) is 30.2 Å². The van der Waals surface area contributed by atoms with Crippen molar-refractivity contribution >= 4 is 17.5 Å². The smallest absolute Gasteiger partial charge is 0.254 e. The van der Waals surface area contributed by atoms with E-state index in [2.05, 4.69) is 5.32 Å². The number of rotatable bonds is 4. The Bertz CT molecular complexity index is 572. The first-order valence-electron chi connectivity index (χ1n) is 5.94. The van der Waals surface area contributed by atoms with Crippen molar-refractivity contribution in [2.45, 2.75) is 6.42 Å². The molecule has 1 amide bonds. The van der Waals surface area contributed by atoms with Crippen LogP contribution in [0.3, 0.4) is 0 Å². The lowest BCUT2D eigenvalue weighted by atomic mass is 10.1. The minimum Gasteiger partial charge on any atom is -0.352 e. The van der Waals surface area contributed by atoms with Gasteiger partial charge < -0.3 is 5.32 Å². The molecule has 0 unspecified atom stereocenters. The van der Waals surface area contributed by atoms with Gasteiger partial charge in [0.05, 0.1) is 5.56 Å². The highest BCUT2D eigenvalue weighted by Crippen LogP contribution is 2.14. The van der Waals surface area contributed by atoms with E-state index in [4.69, 9.17) is 11.6 Å². The molecule has 1 N–H and O–H groups in total. The number of hydrogen-bond acceptors (Lipinski definition) is 1. The minimum atomic E-state index is -0.568. The van der Waals surface area contributed by atoms with Crippen LogP contribution in [0.25, 0.3) is 0 Å². The van der Waals surface area contributed by atoms with Crippen molar-refractivity contribution in [2.24, 2.45) is 0 Å². The third kappa shape index (κ3) is 3.80. The highest BCUT2D eigenvalue weighted by Gasteiger charge is 2.11. The number of carbonyl (C=O) groups is 1. The van der Waals surface area contributed by atoms with Crippen molar-refractivity contribution in [3.63, 3.8) is 0 Å². The van der Waals surface area contributed by atoms with E-state index in [1.54, 1.807) is 0 Å². The van der Waals surface area contributed by atoms with E-state index >= 15 is 0 Å². The van der Waals surface area contributed by atoms with Crippen molar-refractivity contribution in [1.29, 1.82) is 0 Å². The van der Waals surface area contributed by atoms with Gasteiger partial charge in [-0.15, -0.1) is 0 Å². The molecule has 0 heterocycles. The van der Waals surface area contributed by atoms with Gasteiger partial charge in [-0.2, -0.15) is 0 Å². The molecular weight excluding hydrogens is 265 g/mol. The lowest BCUT2D eigenvalue weighted by Crippen LogP contribution is -2.26. The van der Waals surface area contributed by atoms with Crippen molar-refractivity contribution in [3.8, 4) is 0 Å². The third-order valence-electron chi connectivity index (χ3n) is 2.72. The molecule has 2 rings (SSSR count). The van der Waals surface area contributed by atoms with Crippen LogP contribution in [0.1, 0.15) is 15.9 Å². The first-order valence-corrected chi connectivity index (χ1v) is 6.32. The molecule has 0 bridgehead atoms. The molecule has 0 saturated heterocycles. The maximum absolute atomic E-state index is 13.5. The summed E-state index contributed by atoms with van der Waals surface area (Å²) >= 11 is 5.74. The van der Waals surface area contributed by atoms with Gasteiger partial charge in [-0.3, -0.25) is 4.79 Å². The van der Waals surface area contributed by atoms with Gasteiger partial charge >= 0.3 is 0 Å². The monoisotopic (exact) mass is 277 g/mol. The third-order valence-corrected chi connectivity index (χ3v) is 2.95. The number of benzene rings is 2. The number of carbonyl (C=O) groups excluding carboxylic acids is 1. The molecule has 19 heavy (non-hydrogen) atoms. The van der Waals surface area contributed by atoms with E-state index in [1.807, 2.05) is 30.3 Å². The van der Waals surface area contributed by atoms with Crippen molar-refractivity contribution in [2.75, 3.05) is 6.54 Å². The SMILES string of the molecule is O=C(NCCc1ccccc1)c1cc(Cl)ccc1F. The van der Waals surface area contributed by atoms with E-state index in [-0.39, 0.29) is 5.56 Å². The fourth-order valence-corrected chi connectivity index (χ4v) is 1.90. The molecule has 0 saturated carbocycles. The molecule has 0 aliphatic heterocycles. The van der Waals surface area contributed by atoms with Crippen molar-refractivity contribution in [1.82, 2.24) is 5.32 Å². The van der Waals surface area contributed by atoms with Gasteiger partial charge in [0.25, 0.3) is 5.91 Å². The highest BCUT2D eigenvalue weighted by molar-refractivity contribution is 6.30. The maximum atomic E-state index is 13.5. The second kappa shape index (κ2) is 6.34. The van der Waals surface area contributed by atoms with Crippen LogP contribution in [0.4, 0.5) is 4.39 Å². The van der Waals surface area contributed by atoms with Crippen LogP contribution in [-0.2, 0) is 6.42 Å². The molecule has 0 spiro atoms. The van der Waals surface area contributed by atoms with Crippen LogP contribution >= 0.6 is 11.6 Å². The Hall–Kier alpha value is -1.87. The van der Waals surface area contributed by atoms with Gasteiger partial charge in [-0.1, -0.05) is 41.9 Å². The summed E-state index contributed by atoms with van der Waals surface area (Å²) < 4.78 is 13.5. The van der Waals surface area contributed by atoms with E-state index in [0.29, 0.717) is 18.0 Å². The number of hydrogen-bond donors (Lipinski definition) is 1. The van der Waals surface area contributed by atoms with E-state index in [9.17, 15) is 9.18 Å². The fraction of sp³-hybridized carbons (Fsp3) is 0.133. The van der Waals surface area contributed by atoms with Gasteiger partial charge in [0, 0.05) is 11.6 Å². The molecule has 0 fully saturated rings. The second-order valence-corrected chi connectivity index (χ2v) is 4.55. The van der Waals surface area contributed by atoms with Crippen LogP contribution in [0.2, 0.25) is 5.02 Å². The summed E-state index contributed by atoms with van der Waals surface area (Å²) in [7, 11) is 0. The first-order chi connectivity index (χ1) is 9.16. The molecule has 4 heteroatoms. The van der Waals surface area contributed by atoms with Gasteiger partial charge in [0.15, 0.2) is 0 Å². The molecule has 98 valence electrons. The summed E-state index contributed by atoms with van der Waals surface area (Å²) in [6, 6.07) is 13.7. The Kier molecular flexibility index (Phi) is 4.53. The molecule has 0 radical (unpaired) electrons. The zero-order valence-electron chi connectivity index (χ0n) is 10.2. The Labute approximate surface area is 116 Å². The van der Waals surface area contributed by atoms with E-state index in [1.165, 1.54) is 18.2 Å². The predicted octanol–water partition coefficient (Wildman–Crippen LogP) is 3.45. The Morgan fingerprint density at radius 2 is 1.89 bits per heavy atom. The zero-order chi connectivity index (χ0) is 13.7. The number of nitrogens with one attached hydrogen (secondary N) is 1. The molecule has 0 aliphatic carbocycles. The standard InChI is InChI=1S/C15H13ClFNO/c16-12-6-7-14(17)13(10-12)15(19)18-9-8-11-4-2-1-3-5-11/h1-7,10H,8-9H2,(H,18,19). The van der Waals surface area contributed by atoms with E-state index in [0.717, 1.165) is 5.56 Å². The van der Waals surface area contributed by atoms with Gasteiger partial charge in [0.2, 0.25) is 0 Å². The largest absolute Gasteiger partial charge is 0.352 e. The molecule has 2 nitrogen and oxygen atoms in total. The number of amides is 1. The summed E-state index contributed by atoms with van der Waals surface area (Å²) in [5.41, 5.74) is 1.09. The zero-order valence-corrected chi connectivity index (χ0v) is 11.0. The summed E-state index contributed by atoms with van der Waals surface area (Å²) in [5.74, 6) is -1.02. The summed E-state index contributed by atoms with van der Waals surface area (Å²) in [6.45, 7) is 0.453. The lowest BCUT2D eigenvalue weighted by Gasteiger charge is -2.06. The first kappa shape index (κ1) is 13.6. The summed E-state index contributed by atoms with van der Waals surface area (Å²) in [6.07, 6.45) is 0.703. The number of halogens is 2. The quantitative estimate of drug-likeness (QED) is 0.911. The van der Waals surface area contributed by atoms with Crippen LogP contribution in [0, 0.1) is 5.82 Å². The van der Waals surface area contributed by atoms with Crippen molar-refractivity contribution in [3.05, 3.63) is 70.5 Å². The van der Waals surface area contributed by atoms with Crippen LogP contribution in [-0.4, -0.2) is 12.5 Å². The average molecular weight is 278 g/mol. The average Bonchev–Trinajstić information content (AvgIpc) is 2.42. The molecule has 0 atom stereocenters. The van der Waals surface area contributed by atoms with Crippen LogP contribution < -0.4 is 5.32 Å². The molecule has 2 aromatic rings. The van der Waals surface area contributed by atoms with Crippen LogP contribution in [0.15, 0.2) is 48.5 Å². The normalized spacial score (nSPS) is 10.2. The molecule has 0 aliphatic rings. The molecule has 0 aromatic heterocycles. The molecule has 2 aromatic carbocycles. The minimum absolute atomic E-state index is 0.0273. The predicted molar refractivity (Wildman–Crippen MR) is 73.9 cm³/mol. The molecular formula is C15H13ClFNO. The topological polar surface area (TPSA) is 29.1 Å².